The average molecular weight is 429 g/mol. The molecule has 0 atom stereocenters. The maximum atomic E-state index is 13.2. The quantitative estimate of drug-likeness (QED) is 0.645. The molecule has 0 radical (unpaired) electrons. The number of carbonyl (C=O) groups is 1. The van der Waals surface area contributed by atoms with Crippen LogP contribution >= 0.6 is 11.8 Å². The number of carbonyl (C=O) groups excluding carboxylic acids is 1. The van der Waals surface area contributed by atoms with E-state index < -0.39 is 21.7 Å². The van der Waals surface area contributed by atoms with Gasteiger partial charge in [0.15, 0.2) is 11.6 Å². The molecule has 0 saturated carbocycles. The number of sulfonamides is 1. The van der Waals surface area contributed by atoms with Gasteiger partial charge in [0, 0.05) is 23.7 Å². The number of aryl methyl sites for hydroxylation is 1. The fourth-order valence-electron chi connectivity index (χ4n) is 2.57. The van der Waals surface area contributed by atoms with Crippen LogP contribution in [0, 0.1) is 18.6 Å². The lowest BCUT2D eigenvalue weighted by molar-refractivity contribution is -0.113. The van der Waals surface area contributed by atoms with E-state index in [-0.39, 0.29) is 16.6 Å². The molecule has 0 saturated heterocycles. The topological polar surface area (TPSA) is 66.5 Å². The number of hydrogen-bond donors (Lipinski definition) is 1. The van der Waals surface area contributed by atoms with Gasteiger partial charge in [0.05, 0.1) is 10.6 Å². The molecule has 152 valence electrons. The zero-order chi connectivity index (χ0) is 20.9. The van der Waals surface area contributed by atoms with Crippen LogP contribution in [0.15, 0.2) is 46.2 Å². The van der Waals surface area contributed by atoms with Crippen LogP contribution in [0.2, 0.25) is 0 Å². The van der Waals surface area contributed by atoms with Crippen molar-refractivity contribution in [3.8, 4) is 0 Å². The van der Waals surface area contributed by atoms with Crippen molar-refractivity contribution in [2.24, 2.45) is 0 Å². The predicted molar refractivity (Wildman–Crippen MR) is 107 cm³/mol. The van der Waals surface area contributed by atoms with E-state index in [1.54, 1.807) is 32.9 Å². The second kappa shape index (κ2) is 9.49. The predicted octanol–water partition coefficient (Wildman–Crippen LogP) is 4.03. The summed E-state index contributed by atoms with van der Waals surface area (Å²) in [5, 5.41) is 2.64. The molecule has 0 aliphatic rings. The van der Waals surface area contributed by atoms with Gasteiger partial charge in [-0.05, 0) is 42.8 Å². The highest BCUT2D eigenvalue weighted by atomic mass is 32.2. The zero-order valence-corrected chi connectivity index (χ0v) is 17.5. The third kappa shape index (κ3) is 5.30. The van der Waals surface area contributed by atoms with Gasteiger partial charge in [-0.25, -0.2) is 17.2 Å². The number of nitrogens with zero attached hydrogens (tertiary/aromatic N) is 1. The molecule has 9 heteroatoms. The monoisotopic (exact) mass is 428 g/mol. The standard InChI is InChI=1S/C19H22F2N2O3S2/c1-4-23(5-2)28(25,26)18-10-14(7-6-13(18)3)22-19(24)12-27-15-8-9-16(20)17(21)11-15/h6-11H,4-5,12H2,1-3H3,(H,22,24). The summed E-state index contributed by atoms with van der Waals surface area (Å²) in [5.74, 6) is -2.34. The van der Waals surface area contributed by atoms with Crippen LogP contribution in [0.25, 0.3) is 0 Å². The van der Waals surface area contributed by atoms with Crippen molar-refractivity contribution in [1.29, 1.82) is 0 Å². The minimum absolute atomic E-state index is 0.0307. The second-order valence-electron chi connectivity index (χ2n) is 5.98. The summed E-state index contributed by atoms with van der Waals surface area (Å²) in [6, 6.07) is 8.10. The number of amides is 1. The lowest BCUT2D eigenvalue weighted by atomic mass is 10.2. The molecule has 0 aromatic heterocycles. The lowest BCUT2D eigenvalue weighted by Gasteiger charge is -2.20. The number of rotatable bonds is 8. The molecule has 0 aliphatic heterocycles. The zero-order valence-electron chi connectivity index (χ0n) is 15.8. The number of nitrogens with one attached hydrogen (secondary N) is 1. The summed E-state index contributed by atoms with van der Waals surface area (Å²) in [6.07, 6.45) is 0. The summed E-state index contributed by atoms with van der Waals surface area (Å²) >= 11 is 1.05. The minimum atomic E-state index is -3.65. The Morgan fingerprint density at radius 3 is 2.36 bits per heavy atom. The fourth-order valence-corrected chi connectivity index (χ4v) is 5.00. The van der Waals surface area contributed by atoms with Gasteiger partial charge in [-0.15, -0.1) is 11.8 Å². The van der Waals surface area contributed by atoms with Crippen LogP contribution in [-0.2, 0) is 14.8 Å². The Labute approximate surface area is 168 Å². The van der Waals surface area contributed by atoms with Crippen LogP contribution in [0.5, 0.6) is 0 Å². The fraction of sp³-hybridized carbons (Fsp3) is 0.316. The van der Waals surface area contributed by atoms with E-state index in [4.69, 9.17) is 0 Å². The molecule has 2 aromatic rings. The van der Waals surface area contributed by atoms with Crippen molar-refractivity contribution in [2.45, 2.75) is 30.6 Å². The Kier molecular flexibility index (Phi) is 7.56. The van der Waals surface area contributed by atoms with Crippen molar-refractivity contribution in [3.63, 3.8) is 0 Å². The molecule has 5 nitrogen and oxygen atoms in total. The first-order valence-corrected chi connectivity index (χ1v) is 11.1. The van der Waals surface area contributed by atoms with Crippen LogP contribution in [0.4, 0.5) is 14.5 Å². The van der Waals surface area contributed by atoms with E-state index in [2.05, 4.69) is 5.32 Å². The lowest BCUT2D eigenvalue weighted by Crippen LogP contribution is -2.31. The van der Waals surface area contributed by atoms with Crippen LogP contribution in [0.1, 0.15) is 19.4 Å². The SMILES string of the molecule is CCN(CC)S(=O)(=O)c1cc(NC(=O)CSc2ccc(F)c(F)c2)ccc1C. The van der Waals surface area contributed by atoms with Crippen molar-refractivity contribution in [2.75, 3.05) is 24.2 Å². The molecule has 0 unspecified atom stereocenters. The van der Waals surface area contributed by atoms with E-state index in [9.17, 15) is 22.0 Å². The molecule has 0 bridgehead atoms. The Morgan fingerprint density at radius 2 is 1.75 bits per heavy atom. The molecular weight excluding hydrogens is 406 g/mol. The van der Waals surface area contributed by atoms with Gasteiger partial charge < -0.3 is 5.32 Å². The largest absolute Gasteiger partial charge is 0.325 e. The average Bonchev–Trinajstić information content (AvgIpc) is 2.65. The smallest absolute Gasteiger partial charge is 0.243 e. The summed E-state index contributed by atoms with van der Waals surface area (Å²) < 4.78 is 53.0. The van der Waals surface area contributed by atoms with E-state index >= 15 is 0 Å². The second-order valence-corrected chi connectivity index (χ2v) is 8.94. The van der Waals surface area contributed by atoms with E-state index in [0.717, 1.165) is 23.9 Å². The number of benzene rings is 2. The van der Waals surface area contributed by atoms with Gasteiger partial charge in [0.1, 0.15) is 0 Å². The first-order valence-electron chi connectivity index (χ1n) is 8.67. The Balaban J connectivity index is 2.11. The Bertz CT molecular complexity index is 962. The van der Waals surface area contributed by atoms with Crippen LogP contribution in [-0.4, -0.2) is 37.5 Å². The maximum Gasteiger partial charge on any atom is 0.243 e. The molecule has 0 heterocycles. The van der Waals surface area contributed by atoms with Crippen molar-refractivity contribution >= 4 is 33.4 Å². The first kappa shape index (κ1) is 22.3. The normalized spacial score (nSPS) is 11.6. The number of halogens is 2. The molecule has 1 N–H and O–H groups in total. The Hall–Kier alpha value is -1.97. The van der Waals surface area contributed by atoms with Crippen LogP contribution < -0.4 is 5.32 Å². The Morgan fingerprint density at radius 1 is 1.07 bits per heavy atom. The van der Waals surface area contributed by atoms with E-state index in [0.29, 0.717) is 29.2 Å². The third-order valence-corrected chi connectivity index (χ3v) is 7.24. The van der Waals surface area contributed by atoms with Gasteiger partial charge in [0.25, 0.3) is 0 Å². The van der Waals surface area contributed by atoms with Gasteiger partial charge >= 0.3 is 0 Å². The van der Waals surface area contributed by atoms with Crippen LogP contribution in [0.3, 0.4) is 0 Å². The van der Waals surface area contributed by atoms with Gasteiger partial charge in [-0.2, -0.15) is 4.31 Å². The number of hydrogen-bond acceptors (Lipinski definition) is 4. The van der Waals surface area contributed by atoms with Gasteiger partial charge in [-0.3, -0.25) is 4.79 Å². The summed E-state index contributed by atoms with van der Waals surface area (Å²) in [5.41, 5.74) is 0.938. The summed E-state index contributed by atoms with van der Waals surface area (Å²) in [4.78, 5) is 12.7. The summed E-state index contributed by atoms with van der Waals surface area (Å²) in [7, 11) is -3.65. The summed E-state index contributed by atoms with van der Waals surface area (Å²) in [6.45, 7) is 5.91. The molecule has 0 aliphatic carbocycles. The number of thioether (sulfide) groups is 1. The molecule has 1 amide bonds. The first-order chi connectivity index (χ1) is 13.2. The molecule has 28 heavy (non-hydrogen) atoms. The maximum absolute atomic E-state index is 13.2. The highest BCUT2D eigenvalue weighted by Gasteiger charge is 2.24. The van der Waals surface area contributed by atoms with E-state index in [1.165, 1.54) is 16.4 Å². The third-order valence-electron chi connectivity index (χ3n) is 4.06. The highest BCUT2D eigenvalue weighted by molar-refractivity contribution is 8.00. The molecule has 0 fully saturated rings. The van der Waals surface area contributed by atoms with Gasteiger partial charge in [-0.1, -0.05) is 19.9 Å². The number of anilines is 1. The van der Waals surface area contributed by atoms with Gasteiger partial charge in [0.2, 0.25) is 15.9 Å². The molecular formula is C19H22F2N2O3S2. The molecule has 2 aromatic carbocycles. The van der Waals surface area contributed by atoms with Crippen molar-refractivity contribution < 1.29 is 22.0 Å². The highest BCUT2D eigenvalue weighted by Crippen LogP contribution is 2.25. The van der Waals surface area contributed by atoms with E-state index in [1.807, 2.05) is 0 Å². The molecule has 0 spiro atoms. The minimum Gasteiger partial charge on any atom is -0.325 e. The molecule has 2 rings (SSSR count). The van der Waals surface area contributed by atoms with Crippen molar-refractivity contribution in [1.82, 2.24) is 4.31 Å². The van der Waals surface area contributed by atoms with Crippen molar-refractivity contribution in [3.05, 3.63) is 53.6 Å².